The van der Waals surface area contributed by atoms with Gasteiger partial charge in [0.15, 0.2) is 6.29 Å². The number of rotatable bonds is 6. The van der Waals surface area contributed by atoms with Crippen LogP contribution >= 0.6 is 0 Å². The average molecular weight is 148 g/mol. The van der Waals surface area contributed by atoms with E-state index < -0.39 is 6.29 Å². The molecule has 10 heavy (non-hydrogen) atoms. The Kier molecular flexibility index (Phi) is 6.91. The Hall–Kier alpha value is -0.120. The summed E-state index contributed by atoms with van der Waals surface area (Å²) in [5.41, 5.74) is 0. The van der Waals surface area contributed by atoms with Crippen molar-refractivity contribution in [1.82, 2.24) is 0 Å². The molecule has 0 radical (unpaired) electrons. The van der Waals surface area contributed by atoms with E-state index in [4.69, 9.17) is 14.6 Å². The van der Waals surface area contributed by atoms with Crippen LogP contribution in [0.25, 0.3) is 0 Å². The van der Waals surface area contributed by atoms with E-state index in [1.807, 2.05) is 0 Å². The minimum absolute atomic E-state index is 0.612. The lowest BCUT2D eigenvalue weighted by Crippen LogP contribution is -2.07. The first-order chi connectivity index (χ1) is 4.77. The van der Waals surface area contributed by atoms with Crippen molar-refractivity contribution >= 4 is 0 Å². The van der Waals surface area contributed by atoms with Crippen LogP contribution in [0.2, 0.25) is 0 Å². The molecule has 0 aromatic heterocycles. The van der Waals surface area contributed by atoms with E-state index in [-0.39, 0.29) is 0 Å². The second kappa shape index (κ2) is 6.99. The topological polar surface area (TPSA) is 38.7 Å². The van der Waals surface area contributed by atoms with Gasteiger partial charge in [0, 0.05) is 20.3 Å². The van der Waals surface area contributed by atoms with E-state index in [0.717, 1.165) is 19.4 Å². The summed E-state index contributed by atoms with van der Waals surface area (Å²) >= 11 is 0. The molecule has 0 heterocycles. The molecular formula is C7H16O3. The fraction of sp³-hybridized carbons (Fsp3) is 1.00. The molecule has 1 N–H and O–H groups in total. The van der Waals surface area contributed by atoms with Gasteiger partial charge < -0.3 is 14.6 Å². The van der Waals surface area contributed by atoms with E-state index in [1.165, 1.54) is 0 Å². The van der Waals surface area contributed by atoms with E-state index in [2.05, 4.69) is 0 Å². The largest absolute Gasteiger partial charge is 0.385 e. The lowest BCUT2D eigenvalue weighted by molar-refractivity contribution is -0.0864. The molecular weight excluding hydrogens is 132 g/mol. The van der Waals surface area contributed by atoms with Gasteiger partial charge >= 0.3 is 0 Å². The van der Waals surface area contributed by atoms with Crippen LogP contribution in [0.1, 0.15) is 19.8 Å². The van der Waals surface area contributed by atoms with Gasteiger partial charge in [-0.3, -0.25) is 0 Å². The van der Waals surface area contributed by atoms with Crippen molar-refractivity contribution in [3.8, 4) is 0 Å². The highest BCUT2D eigenvalue weighted by Gasteiger charge is 1.92. The molecule has 62 valence electrons. The van der Waals surface area contributed by atoms with E-state index in [1.54, 1.807) is 14.0 Å². The smallest absolute Gasteiger partial charge is 0.151 e. The molecule has 0 aromatic rings. The fourth-order valence-electron chi connectivity index (χ4n) is 0.602. The summed E-state index contributed by atoms with van der Waals surface area (Å²) in [5, 5.41) is 8.66. The van der Waals surface area contributed by atoms with E-state index >= 15 is 0 Å². The highest BCUT2D eigenvalue weighted by atomic mass is 16.6. The van der Waals surface area contributed by atoms with Crippen molar-refractivity contribution in [2.45, 2.75) is 26.1 Å². The zero-order chi connectivity index (χ0) is 7.82. The molecule has 0 fully saturated rings. The van der Waals surface area contributed by atoms with Crippen molar-refractivity contribution in [3.63, 3.8) is 0 Å². The Morgan fingerprint density at radius 1 is 1.30 bits per heavy atom. The third kappa shape index (κ3) is 7.88. The molecule has 0 rings (SSSR count). The first kappa shape index (κ1) is 9.88. The predicted octanol–water partition coefficient (Wildman–Crippen LogP) is 0.768. The van der Waals surface area contributed by atoms with E-state index in [0.29, 0.717) is 6.61 Å². The fourth-order valence-corrected chi connectivity index (χ4v) is 0.602. The Morgan fingerprint density at radius 3 is 2.40 bits per heavy atom. The Labute approximate surface area is 62.0 Å². The molecule has 3 heteroatoms. The molecule has 0 amide bonds. The lowest BCUT2D eigenvalue weighted by Gasteiger charge is -2.05. The van der Waals surface area contributed by atoms with E-state index in [9.17, 15) is 0 Å². The van der Waals surface area contributed by atoms with Crippen molar-refractivity contribution in [2.75, 3.05) is 20.3 Å². The third-order valence-corrected chi connectivity index (χ3v) is 1.10. The maximum Gasteiger partial charge on any atom is 0.151 e. The molecule has 0 bridgehead atoms. The predicted molar refractivity (Wildman–Crippen MR) is 38.7 cm³/mol. The molecule has 1 atom stereocenters. The quantitative estimate of drug-likeness (QED) is 0.446. The second-order valence-electron chi connectivity index (χ2n) is 2.17. The van der Waals surface area contributed by atoms with Crippen molar-refractivity contribution in [1.29, 1.82) is 0 Å². The van der Waals surface area contributed by atoms with Gasteiger partial charge in [0.2, 0.25) is 0 Å². The van der Waals surface area contributed by atoms with Gasteiger partial charge in [0.05, 0.1) is 0 Å². The van der Waals surface area contributed by atoms with Gasteiger partial charge in [-0.25, -0.2) is 0 Å². The molecule has 0 spiro atoms. The Bertz CT molecular complexity index is 63.9. The summed E-state index contributed by atoms with van der Waals surface area (Å²) in [6.07, 6.45) is 1.30. The molecule has 3 nitrogen and oxygen atoms in total. The summed E-state index contributed by atoms with van der Waals surface area (Å²) in [6.45, 7) is 2.99. The number of hydrogen-bond acceptors (Lipinski definition) is 3. The molecule has 1 unspecified atom stereocenters. The first-order valence-corrected chi connectivity index (χ1v) is 3.56. The van der Waals surface area contributed by atoms with Crippen molar-refractivity contribution in [2.24, 2.45) is 0 Å². The maximum absolute atomic E-state index is 8.66. The highest BCUT2D eigenvalue weighted by molar-refractivity contribution is 4.36. The van der Waals surface area contributed by atoms with Crippen LogP contribution in [0.4, 0.5) is 0 Å². The zero-order valence-electron chi connectivity index (χ0n) is 6.67. The molecule has 0 saturated carbocycles. The number of hydrogen-bond donors (Lipinski definition) is 1. The van der Waals surface area contributed by atoms with Gasteiger partial charge in [-0.15, -0.1) is 0 Å². The lowest BCUT2D eigenvalue weighted by atomic mass is 10.3. The van der Waals surface area contributed by atoms with Crippen LogP contribution in [-0.4, -0.2) is 31.7 Å². The first-order valence-electron chi connectivity index (χ1n) is 3.56. The van der Waals surface area contributed by atoms with Crippen LogP contribution in [0.5, 0.6) is 0 Å². The van der Waals surface area contributed by atoms with Crippen molar-refractivity contribution < 1.29 is 14.6 Å². The molecule has 0 aromatic carbocycles. The summed E-state index contributed by atoms with van der Waals surface area (Å²) < 4.78 is 9.72. The summed E-state index contributed by atoms with van der Waals surface area (Å²) in [6, 6.07) is 0. The van der Waals surface area contributed by atoms with Gasteiger partial charge in [0.25, 0.3) is 0 Å². The van der Waals surface area contributed by atoms with Crippen LogP contribution in [0.3, 0.4) is 0 Å². The normalized spacial score (nSPS) is 13.5. The van der Waals surface area contributed by atoms with Crippen molar-refractivity contribution in [3.05, 3.63) is 0 Å². The maximum atomic E-state index is 8.66. The average Bonchev–Trinajstić information content (AvgIpc) is 1.87. The number of methoxy groups -OCH3 is 1. The minimum Gasteiger partial charge on any atom is -0.385 e. The summed E-state index contributed by atoms with van der Waals surface area (Å²) in [4.78, 5) is 0. The minimum atomic E-state index is -0.637. The third-order valence-electron chi connectivity index (χ3n) is 1.10. The molecule has 0 aliphatic rings. The molecule has 0 aliphatic carbocycles. The van der Waals surface area contributed by atoms with Gasteiger partial charge in [-0.05, 0) is 19.8 Å². The monoisotopic (exact) mass is 148 g/mol. The van der Waals surface area contributed by atoms with Crippen LogP contribution in [0, 0.1) is 0 Å². The number of ether oxygens (including phenoxy) is 2. The second-order valence-corrected chi connectivity index (χ2v) is 2.17. The number of unbranched alkanes of at least 4 members (excludes halogenated alkanes) is 1. The standard InChI is InChI=1S/C7H16O3/c1-7(8)10-6-4-3-5-9-2/h7-8H,3-6H2,1-2H3. The number of aliphatic hydroxyl groups excluding tert-OH is 1. The Morgan fingerprint density at radius 2 is 1.90 bits per heavy atom. The SMILES string of the molecule is COCCCCOC(C)O. The van der Waals surface area contributed by atoms with Gasteiger partial charge in [0.1, 0.15) is 0 Å². The Balaban J connectivity index is 2.77. The molecule has 0 saturated heterocycles. The molecule has 0 aliphatic heterocycles. The number of aliphatic hydroxyl groups is 1. The summed E-state index contributed by atoms with van der Waals surface area (Å²) in [5.74, 6) is 0. The van der Waals surface area contributed by atoms with Crippen LogP contribution in [0.15, 0.2) is 0 Å². The van der Waals surface area contributed by atoms with Crippen LogP contribution < -0.4 is 0 Å². The highest BCUT2D eigenvalue weighted by Crippen LogP contribution is 1.92. The van der Waals surface area contributed by atoms with Gasteiger partial charge in [-0.1, -0.05) is 0 Å². The van der Waals surface area contributed by atoms with Gasteiger partial charge in [-0.2, -0.15) is 0 Å². The summed E-state index contributed by atoms with van der Waals surface area (Å²) in [7, 11) is 1.68. The van der Waals surface area contributed by atoms with Crippen LogP contribution in [-0.2, 0) is 9.47 Å². The zero-order valence-corrected chi connectivity index (χ0v) is 6.67.